The number of fused-ring (bicyclic) bond motifs is 3. The summed E-state index contributed by atoms with van der Waals surface area (Å²) in [5, 5.41) is 6.58. The van der Waals surface area contributed by atoms with Crippen molar-refractivity contribution in [1.82, 2.24) is 4.90 Å². The number of hydrogen-bond acceptors (Lipinski definition) is 4. The molecule has 9 rings (SSSR count). The van der Waals surface area contributed by atoms with E-state index in [-0.39, 0.29) is 6.17 Å². The fraction of sp³-hybridized carbons (Fsp3) is 0.0870. The van der Waals surface area contributed by atoms with E-state index < -0.39 is 7.92 Å². The highest BCUT2D eigenvalue weighted by atomic mass is 32.1. The van der Waals surface area contributed by atoms with Crippen LogP contribution in [0.1, 0.15) is 30.1 Å². The molecular weight excluding hydrogens is 658 g/mol. The van der Waals surface area contributed by atoms with Crippen molar-refractivity contribution in [3.05, 3.63) is 187 Å². The van der Waals surface area contributed by atoms with Crippen molar-refractivity contribution in [2.45, 2.75) is 19.0 Å². The zero-order valence-corrected chi connectivity index (χ0v) is 30.1. The van der Waals surface area contributed by atoms with Crippen LogP contribution in [-0.2, 0) is 0 Å². The first-order chi connectivity index (χ1) is 25.2. The molecule has 0 radical (unpaired) electrons. The molecule has 0 fully saturated rings. The van der Waals surface area contributed by atoms with Crippen LogP contribution in [0.25, 0.3) is 31.3 Å². The summed E-state index contributed by atoms with van der Waals surface area (Å²) in [5.74, 6) is 1.73. The normalized spacial score (nSPS) is 16.0. The van der Waals surface area contributed by atoms with E-state index in [9.17, 15) is 0 Å². The molecule has 0 saturated heterocycles. The summed E-state index contributed by atoms with van der Waals surface area (Å²) >= 11 is 1.86. The second kappa shape index (κ2) is 13.7. The molecule has 2 aliphatic rings. The number of aliphatic imine (C=N–C) groups is 2. The predicted molar refractivity (Wildman–Crippen MR) is 221 cm³/mol. The summed E-state index contributed by atoms with van der Waals surface area (Å²) in [6, 6.07) is 55.2. The SMILES string of the molecule is CN1C(c2ccccc2)=NC(C2=CCCC=C2)=NC1c1cc(-c2cccc(P(c3ccccc3)c3ccccc3)c2)cc2sc3ccccc3c12. The molecule has 0 spiro atoms. The van der Waals surface area contributed by atoms with Crippen LogP contribution < -0.4 is 15.9 Å². The Labute approximate surface area is 304 Å². The topological polar surface area (TPSA) is 28.0 Å². The standard InChI is InChI=1S/C46H36N3PS/c1-49-45(33-19-8-3-9-20-33)47-44(32-17-6-2-7-18-32)48-46(49)40-30-35(31-42-43(40)39-27-14-15-28-41(39)51-42)34-21-16-26-38(29-34)50(36-22-10-4-11-23-36)37-24-12-5-13-25-37/h3-6,8-31,46H,2,7H2,1H3. The average molecular weight is 694 g/mol. The van der Waals surface area contributed by atoms with E-state index in [1.165, 1.54) is 52.8 Å². The van der Waals surface area contributed by atoms with E-state index in [0.29, 0.717) is 0 Å². The maximum atomic E-state index is 5.47. The molecule has 246 valence electrons. The van der Waals surface area contributed by atoms with Gasteiger partial charge in [-0.25, -0.2) is 9.98 Å². The van der Waals surface area contributed by atoms with Crippen LogP contribution in [0.5, 0.6) is 0 Å². The van der Waals surface area contributed by atoms with Crippen LogP contribution in [-0.4, -0.2) is 23.6 Å². The van der Waals surface area contributed by atoms with Crippen molar-refractivity contribution < 1.29 is 0 Å². The van der Waals surface area contributed by atoms with Crippen LogP contribution in [0.2, 0.25) is 0 Å². The molecule has 51 heavy (non-hydrogen) atoms. The summed E-state index contributed by atoms with van der Waals surface area (Å²) < 4.78 is 2.56. The summed E-state index contributed by atoms with van der Waals surface area (Å²) in [6.07, 6.45) is 8.49. The lowest BCUT2D eigenvalue weighted by Crippen LogP contribution is -2.35. The highest BCUT2D eigenvalue weighted by Crippen LogP contribution is 2.44. The number of allylic oxidation sites excluding steroid dienone is 2. The minimum Gasteiger partial charge on any atom is -0.333 e. The highest BCUT2D eigenvalue weighted by molar-refractivity contribution is 7.79. The van der Waals surface area contributed by atoms with E-state index >= 15 is 0 Å². The van der Waals surface area contributed by atoms with E-state index in [2.05, 4.69) is 182 Å². The molecule has 0 bridgehead atoms. The first-order valence-electron chi connectivity index (χ1n) is 17.5. The molecular formula is C46H36N3PS. The lowest BCUT2D eigenvalue weighted by atomic mass is 9.96. The number of rotatable bonds is 7. The lowest BCUT2D eigenvalue weighted by molar-refractivity contribution is 0.385. The summed E-state index contributed by atoms with van der Waals surface area (Å²) in [4.78, 5) is 12.9. The Balaban J connectivity index is 1.24. The molecule has 1 aliphatic carbocycles. The maximum absolute atomic E-state index is 5.47. The highest BCUT2D eigenvalue weighted by Gasteiger charge is 2.30. The zero-order valence-electron chi connectivity index (χ0n) is 28.4. The average Bonchev–Trinajstić information content (AvgIpc) is 3.58. The molecule has 7 aromatic rings. The van der Waals surface area contributed by atoms with Crippen LogP contribution in [0.15, 0.2) is 185 Å². The van der Waals surface area contributed by atoms with Gasteiger partial charge in [-0.15, -0.1) is 11.3 Å². The van der Waals surface area contributed by atoms with Crippen LogP contribution >= 0.6 is 19.3 Å². The molecule has 2 heterocycles. The van der Waals surface area contributed by atoms with Crippen LogP contribution in [0, 0.1) is 0 Å². The van der Waals surface area contributed by atoms with Crippen molar-refractivity contribution in [2.75, 3.05) is 7.05 Å². The zero-order chi connectivity index (χ0) is 34.1. The van der Waals surface area contributed by atoms with Crippen molar-refractivity contribution in [3.63, 3.8) is 0 Å². The van der Waals surface area contributed by atoms with Gasteiger partial charge in [-0.2, -0.15) is 0 Å². The lowest BCUT2D eigenvalue weighted by Gasteiger charge is -2.33. The first-order valence-corrected chi connectivity index (χ1v) is 19.6. The van der Waals surface area contributed by atoms with E-state index in [1.807, 2.05) is 11.3 Å². The molecule has 6 aromatic carbocycles. The van der Waals surface area contributed by atoms with E-state index in [1.54, 1.807) is 0 Å². The van der Waals surface area contributed by atoms with Crippen LogP contribution in [0.4, 0.5) is 0 Å². The second-order valence-electron chi connectivity index (χ2n) is 13.0. The van der Waals surface area contributed by atoms with Gasteiger partial charge in [-0.3, -0.25) is 0 Å². The van der Waals surface area contributed by atoms with Gasteiger partial charge >= 0.3 is 0 Å². The van der Waals surface area contributed by atoms with Gasteiger partial charge in [-0.05, 0) is 72.1 Å². The van der Waals surface area contributed by atoms with E-state index in [4.69, 9.17) is 9.98 Å². The Kier molecular flexibility index (Phi) is 8.49. The molecule has 3 nitrogen and oxygen atoms in total. The molecule has 5 heteroatoms. The molecule has 0 saturated carbocycles. The van der Waals surface area contributed by atoms with Gasteiger partial charge in [0.15, 0.2) is 12.0 Å². The van der Waals surface area contributed by atoms with Gasteiger partial charge in [0.1, 0.15) is 5.84 Å². The summed E-state index contributed by atoms with van der Waals surface area (Å²) in [7, 11) is 1.41. The van der Waals surface area contributed by atoms with E-state index in [0.717, 1.165) is 35.6 Å². The molecule has 1 aromatic heterocycles. The van der Waals surface area contributed by atoms with Gasteiger partial charge in [0.05, 0.1) is 0 Å². The van der Waals surface area contributed by atoms with Gasteiger partial charge in [0.2, 0.25) is 0 Å². The second-order valence-corrected chi connectivity index (χ2v) is 16.3. The van der Waals surface area contributed by atoms with Crippen molar-refractivity contribution in [1.29, 1.82) is 0 Å². The molecule has 1 atom stereocenters. The number of thiophene rings is 1. The third-order valence-electron chi connectivity index (χ3n) is 9.70. The Morgan fingerprint density at radius 3 is 2.02 bits per heavy atom. The van der Waals surface area contributed by atoms with Crippen molar-refractivity contribution in [3.8, 4) is 11.1 Å². The third kappa shape index (κ3) is 6.05. The Morgan fingerprint density at radius 1 is 0.627 bits per heavy atom. The minimum absolute atomic E-state index is 0.265. The molecule has 1 aliphatic heterocycles. The van der Waals surface area contributed by atoms with Crippen molar-refractivity contribution in [2.24, 2.45) is 9.98 Å². The van der Waals surface area contributed by atoms with Gasteiger partial charge in [0.25, 0.3) is 0 Å². The smallest absolute Gasteiger partial charge is 0.159 e. The van der Waals surface area contributed by atoms with Crippen molar-refractivity contribution >= 4 is 67.0 Å². The minimum atomic E-state index is -0.732. The number of hydrogen-bond donors (Lipinski definition) is 0. The largest absolute Gasteiger partial charge is 0.333 e. The third-order valence-corrected chi connectivity index (χ3v) is 13.2. The fourth-order valence-electron chi connectivity index (χ4n) is 7.26. The number of nitrogens with zero attached hydrogens (tertiary/aromatic N) is 3. The van der Waals surface area contributed by atoms with Crippen LogP contribution in [0.3, 0.4) is 0 Å². The Bertz CT molecular complexity index is 2460. The molecule has 1 unspecified atom stereocenters. The van der Waals surface area contributed by atoms with Gasteiger partial charge in [-0.1, -0.05) is 146 Å². The molecule has 0 N–H and O–H groups in total. The maximum Gasteiger partial charge on any atom is 0.159 e. The molecule has 0 amide bonds. The quantitative estimate of drug-likeness (QED) is 0.153. The Hall–Kier alpha value is -5.41. The number of amidine groups is 2. The first kappa shape index (κ1) is 31.6. The number of benzene rings is 6. The van der Waals surface area contributed by atoms with Gasteiger partial charge < -0.3 is 4.90 Å². The fourth-order valence-corrected chi connectivity index (χ4v) is 10.8. The predicted octanol–water partition coefficient (Wildman–Crippen LogP) is 10.5. The summed E-state index contributed by atoms with van der Waals surface area (Å²) in [5.41, 5.74) is 5.79. The Morgan fingerprint density at radius 2 is 1.29 bits per heavy atom. The summed E-state index contributed by atoms with van der Waals surface area (Å²) in [6.45, 7) is 0. The van der Waals surface area contributed by atoms with Gasteiger partial charge in [0, 0.05) is 43.9 Å². The monoisotopic (exact) mass is 693 g/mol.